The highest BCUT2D eigenvalue weighted by molar-refractivity contribution is 5.31. The Hall–Kier alpha value is -1.10. The molecule has 2 aliphatic carbocycles. The molecular weight excluding hydrogens is 240 g/mol. The van der Waals surface area contributed by atoms with Gasteiger partial charge in [0.05, 0.1) is 5.92 Å². The third-order valence-corrected chi connectivity index (χ3v) is 5.33. The first-order chi connectivity index (χ1) is 9.31. The molecular formula is C14H22N4O. The number of fused-ring (bicyclic) bond motifs is 1. The van der Waals surface area contributed by atoms with Gasteiger partial charge in [0.15, 0.2) is 0 Å². The molecule has 0 amide bonds. The van der Waals surface area contributed by atoms with E-state index in [2.05, 4.69) is 15.0 Å². The molecule has 1 aliphatic heterocycles. The summed E-state index contributed by atoms with van der Waals surface area (Å²) in [5.41, 5.74) is 6.11. The minimum absolute atomic E-state index is 0.200. The molecule has 1 aromatic heterocycles. The van der Waals surface area contributed by atoms with E-state index >= 15 is 0 Å². The van der Waals surface area contributed by atoms with Crippen LogP contribution in [0.5, 0.6) is 0 Å². The van der Waals surface area contributed by atoms with Gasteiger partial charge in [-0.2, -0.15) is 4.98 Å². The summed E-state index contributed by atoms with van der Waals surface area (Å²) in [5.74, 6) is 3.55. The van der Waals surface area contributed by atoms with Gasteiger partial charge in [-0.05, 0) is 42.7 Å². The molecule has 104 valence electrons. The van der Waals surface area contributed by atoms with Gasteiger partial charge in [-0.1, -0.05) is 12.8 Å². The molecule has 0 aromatic carbocycles. The van der Waals surface area contributed by atoms with E-state index in [0.717, 1.165) is 49.6 Å². The maximum absolute atomic E-state index is 6.11. The Bertz CT molecular complexity index is 448. The lowest BCUT2D eigenvalue weighted by Gasteiger charge is -2.13. The smallest absolute Gasteiger partial charge is 0.266 e. The summed E-state index contributed by atoms with van der Waals surface area (Å²) in [6.45, 7) is 2.22. The quantitative estimate of drug-likeness (QED) is 0.881. The Morgan fingerprint density at radius 2 is 1.79 bits per heavy atom. The van der Waals surface area contributed by atoms with Crippen molar-refractivity contribution in [3.8, 4) is 0 Å². The molecule has 0 radical (unpaired) electrons. The molecule has 2 saturated carbocycles. The fourth-order valence-electron chi connectivity index (χ4n) is 4.20. The van der Waals surface area contributed by atoms with Crippen LogP contribution in [0, 0.1) is 11.8 Å². The van der Waals surface area contributed by atoms with Crippen LogP contribution in [0.2, 0.25) is 0 Å². The zero-order chi connectivity index (χ0) is 12.8. The Labute approximate surface area is 113 Å². The van der Waals surface area contributed by atoms with E-state index in [0.29, 0.717) is 0 Å². The van der Waals surface area contributed by atoms with Gasteiger partial charge >= 0.3 is 0 Å². The normalized spacial score (nSPS) is 38.1. The van der Waals surface area contributed by atoms with Crippen molar-refractivity contribution in [1.29, 1.82) is 0 Å². The van der Waals surface area contributed by atoms with Crippen molar-refractivity contribution in [3.63, 3.8) is 0 Å². The molecule has 19 heavy (non-hydrogen) atoms. The largest absolute Gasteiger partial charge is 0.338 e. The SMILES string of the molecule is N[C@H]1CCC[C@H]1c1nc(N2C[C@H]3CCC[C@H]3C2)no1. The first-order valence-corrected chi connectivity index (χ1v) is 7.65. The summed E-state index contributed by atoms with van der Waals surface area (Å²) >= 11 is 0. The molecule has 2 heterocycles. The van der Waals surface area contributed by atoms with Crippen molar-refractivity contribution in [2.45, 2.75) is 50.5 Å². The topological polar surface area (TPSA) is 68.2 Å². The molecule has 0 unspecified atom stereocenters. The lowest BCUT2D eigenvalue weighted by molar-refractivity contribution is 0.344. The highest BCUT2D eigenvalue weighted by atomic mass is 16.5. The van der Waals surface area contributed by atoms with E-state index in [1.54, 1.807) is 0 Å². The van der Waals surface area contributed by atoms with Crippen molar-refractivity contribution in [1.82, 2.24) is 10.1 Å². The standard InChI is InChI=1S/C14H22N4O/c15-12-6-2-5-11(12)13-16-14(17-19-13)18-7-9-3-1-4-10(9)8-18/h9-12H,1-8,15H2/t9-,10+,11-,12+/m1/s1. The van der Waals surface area contributed by atoms with Crippen molar-refractivity contribution >= 4 is 5.95 Å². The van der Waals surface area contributed by atoms with Gasteiger partial charge < -0.3 is 15.2 Å². The van der Waals surface area contributed by atoms with Crippen molar-refractivity contribution < 1.29 is 4.52 Å². The zero-order valence-electron chi connectivity index (χ0n) is 11.3. The van der Waals surface area contributed by atoms with Crippen LogP contribution >= 0.6 is 0 Å². The Morgan fingerprint density at radius 3 is 2.47 bits per heavy atom. The molecule has 4 atom stereocenters. The van der Waals surface area contributed by atoms with Crippen molar-refractivity contribution in [3.05, 3.63) is 5.89 Å². The molecule has 5 nitrogen and oxygen atoms in total. The van der Waals surface area contributed by atoms with Crippen LogP contribution in [0.1, 0.15) is 50.3 Å². The predicted molar refractivity (Wildman–Crippen MR) is 71.9 cm³/mol. The van der Waals surface area contributed by atoms with Crippen molar-refractivity contribution in [2.24, 2.45) is 17.6 Å². The Morgan fingerprint density at radius 1 is 1.05 bits per heavy atom. The first-order valence-electron chi connectivity index (χ1n) is 7.65. The van der Waals surface area contributed by atoms with Crippen LogP contribution in [-0.2, 0) is 0 Å². The summed E-state index contributed by atoms with van der Waals surface area (Å²) in [4.78, 5) is 6.93. The lowest BCUT2D eigenvalue weighted by Crippen LogP contribution is -2.24. The van der Waals surface area contributed by atoms with E-state index in [9.17, 15) is 0 Å². The second kappa shape index (κ2) is 4.47. The average Bonchev–Trinajstić information content (AvgIpc) is 3.10. The number of anilines is 1. The molecule has 5 heteroatoms. The number of hydrogen-bond acceptors (Lipinski definition) is 5. The maximum atomic E-state index is 6.11. The van der Waals surface area contributed by atoms with Gasteiger partial charge in [0.2, 0.25) is 5.89 Å². The van der Waals surface area contributed by atoms with Gasteiger partial charge in [0, 0.05) is 19.1 Å². The second-order valence-corrected chi connectivity index (χ2v) is 6.49. The van der Waals surface area contributed by atoms with Crippen LogP contribution < -0.4 is 10.6 Å². The molecule has 0 spiro atoms. The fourth-order valence-corrected chi connectivity index (χ4v) is 4.20. The van der Waals surface area contributed by atoms with Crippen LogP contribution in [0.25, 0.3) is 0 Å². The molecule has 1 aromatic rings. The molecule has 4 rings (SSSR count). The number of hydrogen-bond donors (Lipinski definition) is 1. The third kappa shape index (κ3) is 1.95. The van der Waals surface area contributed by atoms with Crippen LogP contribution in [0.4, 0.5) is 5.95 Å². The number of aromatic nitrogens is 2. The Balaban J connectivity index is 1.49. The molecule has 0 bridgehead atoms. The second-order valence-electron chi connectivity index (χ2n) is 6.49. The van der Waals surface area contributed by atoms with E-state index in [4.69, 9.17) is 10.3 Å². The number of nitrogens with zero attached hydrogens (tertiary/aromatic N) is 3. The van der Waals surface area contributed by atoms with Gasteiger partial charge in [-0.15, -0.1) is 0 Å². The van der Waals surface area contributed by atoms with E-state index in [1.807, 2.05) is 0 Å². The Kier molecular flexibility index (Phi) is 2.76. The van der Waals surface area contributed by atoms with E-state index < -0.39 is 0 Å². The van der Waals surface area contributed by atoms with E-state index in [-0.39, 0.29) is 12.0 Å². The summed E-state index contributed by atoms with van der Waals surface area (Å²) in [6, 6.07) is 0.200. The van der Waals surface area contributed by atoms with Crippen LogP contribution in [0.15, 0.2) is 4.52 Å². The number of rotatable bonds is 2. The monoisotopic (exact) mass is 262 g/mol. The summed E-state index contributed by atoms with van der Waals surface area (Å²) < 4.78 is 5.47. The lowest BCUT2D eigenvalue weighted by atomic mass is 10.0. The van der Waals surface area contributed by atoms with Crippen LogP contribution in [0.3, 0.4) is 0 Å². The highest BCUT2D eigenvalue weighted by Gasteiger charge is 2.38. The zero-order valence-corrected chi connectivity index (χ0v) is 11.3. The summed E-state index contributed by atoms with van der Waals surface area (Å²) in [5, 5.41) is 4.19. The van der Waals surface area contributed by atoms with Gasteiger partial charge in [-0.25, -0.2) is 0 Å². The molecule has 3 aliphatic rings. The molecule has 2 N–H and O–H groups in total. The molecule has 3 fully saturated rings. The summed E-state index contributed by atoms with van der Waals surface area (Å²) in [7, 11) is 0. The maximum Gasteiger partial charge on any atom is 0.266 e. The molecule has 1 saturated heterocycles. The van der Waals surface area contributed by atoms with Gasteiger partial charge in [0.1, 0.15) is 0 Å². The van der Waals surface area contributed by atoms with E-state index in [1.165, 1.54) is 25.7 Å². The van der Waals surface area contributed by atoms with Crippen molar-refractivity contribution in [2.75, 3.05) is 18.0 Å². The van der Waals surface area contributed by atoms with Gasteiger partial charge in [-0.3, -0.25) is 0 Å². The number of nitrogens with two attached hydrogens (primary N) is 1. The first kappa shape index (κ1) is 11.7. The minimum Gasteiger partial charge on any atom is -0.338 e. The minimum atomic E-state index is 0.200. The van der Waals surface area contributed by atoms with Gasteiger partial charge in [0.25, 0.3) is 5.95 Å². The average molecular weight is 262 g/mol. The fraction of sp³-hybridized carbons (Fsp3) is 0.857. The highest BCUT2D eigenvalue weighted by Crippen LogP contribution is 2.39. The summed E-state index contributed by atoms with van der Waals surface area (Å²) in [6.07, 6.45) is 7.50. The van der Waals surface area contributed by atoms with Crippen LogP contribution in [-0.4, -0.2) is 29.3 Å². The third-order valence-electron chi connectivity index (χ3n) is 5.33. The predicted octanol–water partition coefficient (Wildman–Crippen LogP) is 1.90.